The Hall–Kier alpha value is -2.63. The Labute approximate surface area is 164 Å². The highest BCUT2D eigenvalue weighted by atomic mass is 35.5. The zero-order chi connectivity index (χ0) is 18.4. The molecule has 0 spiro atoms. The van der Waals surface area contributed by atoms with Crippen LogP contribution in [0.1, 0.15) is 11.1 Å². The number of nitrogens with one attached hydrogen (secondary N) is 1. The van der Waals surface area contributed by atoms with Crippen LogP contribution in [0.15, 0.2) is 48.5 Å². The molecule has 4 aromatic rings. The summed E-state index contributed by atoms with van der Waals surface area (Å²) >= 11 is 7.35. The van der Waals surface area contributed by atoms with Crippen molar-refractivity contribution >= 4 is 55.0 Å². The molecule has 4 nitrogen and oxygen atoms in total. The smallest absolute Gasteiger partial charge is 0.264 e. The SMILES string of the molecule is O=C(COc1ccc(Cl)cc1)Nc1nc2c(cc3c4c(cccc42)CC3)s1. The van der Waals surface area contributed by atoms with Gasteiger partial charge >= 0.3 is 0 Å². The molecule has 1 N–H and O–H groups in total. The maximum Gasteiger partial charge on any atom is 0.264 e. The van der Waals surface area contributed by atoms with Gasteiger partial charge in [0.2, 0.25) is 0 Å². The van der Waals surface area contributed by atoms with Gasteiger partial charge in [0.15, 0.2) is 11.7 Å². The van der Waals surface area contributed by atoms with Gasteiger partial charge in [-0.2, -0.15) is 0 Å². The van der Waals surface area contributed by atoms with Crippen LogP contribution in [-0.2, 0) is 17.6 Å². The Morgan fingerprint density at radius 3 is 2.81 bits per heavy atom. The van der Waals surface area contributed by atoms with Crippen molar-refractivity contribution in [3.05, 3.63) is 64.7 Å². The Kier molecular flexibility index (Phi) is 3.99. The Bertz CT molecular complexity index is 1180. The zero-order valence-electron chi connectivity index (χ0n) is 14.3. The Morgan fingerprint density at radius 1 is 1.15 bits per heavy atom. The first-order valence-electron chi connectivity index (χ1n) is 8.69. The highest BCUT2D eigenvalue weighted by molar-refractivity contribution is 7.22. The summed E-state index contributed by atoms with van der Waals surface area (Å²) in [4.78, 5) is 16.9. The molecular weight excluding hydrogens is 380 g/mol. The normalized spacial score (nSPS) is 12.6. The van der Waals surface area contributed by atoms with E-state index >= 15 is 0 Å². The summed E-state index contributed by atoms with van der Waals surface area (Å²) < 4.78 is 6.59. The molecule has 1 aliphatic carbocycles. The molecule has 1 heterocycles. The van der Waals surface area contributed by atoms with Crippen molar-refractivity contribution in [2.24, 2.45) is 0 Å². The second kappa shape index (κ2) is 6.51. The molecule has 0 fully saturated rings. The van der Waals surface area contributed by atoms with Crippen LogP contribution in [0.5, 0.6) is 5.75 Å². The topological polar surface area (TPSA) is 51.2 Å². The van der Waals surface area contributed by atoms with Crippen LogP contribution in [0.25, 0.3) is 21.0 Å². The van der Waals surface area contributed by atoms with Gasteiger partial charge in [-0.05, 0) is 59.7 Å². The van der Waals surface area contributed by atoms with Crippen molar-refractivity contribution in [1.29, 1.82) is 0 Å². The Balaban J connectivity index is 1.38. The van der Waals surface area contributed by atoms with Crippen LogP contribution < -0.4 is 10.1 Å². The van der Waals surface area contributed by atoms with E-state index in [0.717, 1.165) is 23.1 Å². The lowest BCUT2D eigenvalue weighted by Gasteiger charge is -2.05. The van der Waals surface area contributed by atoms with E-state index in [1.165, 1.54) is 33.2 Å². The molecule has 6 heteroatoms. The molecule has 3 aromatic carbocycles. The highest BCUT2D eigenvalue weighted by Gasteiger charge is 2.19. The third-order valence-electron chi connectivity index (χ3n) is 4.78. The van der Waals surface area contributed by atoms with E-state index in [4.69, 9.17) is 16.3 Å². The molecule has 134 valence electrons. The molecule has 0 saturated heterocycles. The number of rotatable bonds is 4. The van der Waals surface area contributed by atoms with Gasteiger partial charge < -0.3 is 4.74 Å². The van der Waals surface area contributed by atoms with Gasteiger partial charge in [0.25, 0.3) is 5.91 Å². The molecule has 0 radical (unpaired) electrons. The standard InChI is InChI=1S/C21H15ClN2O2S/c22-14-6-8-15(9-7-14)26-11-18(25)23-21-24-20-16-3-1-2-12-4-5-13(19(12)16)10-17(20)27-21/h1-3,6-10H,4-5,11H2,(H,23,24,25). The molecule has 0 atom stereocenters. The van der Waals surface area contributed by atoms with E-state index < -0.39 is 0 Å². The van der Waals surface area contributed by atoms with Gasteiger partial charge in [-0.3, -0.25) is 10.1 Å². The van der Waals surface area contributed by atoms with Crippen molar-refractivity contribution in [3.8, 4) is 5.75 Å². The minimum atomic E-state index is -0.235. The number of ether oxygens (including phenoxy) is 1. The molecule has 0 aliphatic heterocycles. The number of anilines is 1. The number of hydrogen-bond donors (Lipinski definition) is 1. The third kappa shape index (κ3) is 3.03. The van der Waals surface area contributed by atoms with E-state index in [1.54, 1.807) is 24.3 Å². The van der Waals surface area contributed by atoms with Crippen molar-refractivity contribution in [3.63, 3.8) is 0 Å². The van der Waals surface area contributed by atoms with Gasteiger partial charge in [-0.15, -0.1) is 0 Å². The van der Waals surface area contributed by atoms with Crippen LogP contribution in [0.4, 0.5) is 5.13 Å². The minimum Gasteiger partial charge on any atom is -0.484 e. The number of carbonyl (C=O) groups excluding carboxylic acids is 1. The summed E-state index contributed by atoms with van der Waals surface area (Å²) in [6.07, 6.45) is 2.16. The highest BCUT2D eigenvalue weighted by Crippen LogP contribution is 2.38. The number of aromatic nitrogens is 1. The van der Waals surface area contributed by atoms with Crippen molar-refractivity contribution < 1.29 is 9.53 Å². The van der Waals surface area contributed by atoms with E-state index in [9.17, 15) is 4.79 Å². The first kappa shape index (κ1) is 16.5. The molecule has 1 amide bonds. The summed E-state index contributed by atoms with van der Waals surface area (Å²) in [6.45, 7) is -0.0757. The molecule has 27 heavy (non-hydrogen) atoms. The van der Waals surface area contributed by atoms with E-state index in [0.29, 0.717) is 15.9 Å². The predicted molar refractivity (Wildman–Crippen MR) is 110 cm³/mol. The first-order chi connectivity index (χ1) is 13.2. The van der Waals surface area contributed by atoms with Gasteiger partial charge in [-0.1, -0.05) is 41.1 Å². The fourth-order valence-corrected chi connectivity index (χ4v) is 4.68. The number of fused-ring (bicyclic) bond motifs is 2. The van der Waals surface area contributed by atoms with Gasteiger partial charge in [-0.25, -0.2) is 4.98 Å². The molecule has 1 aromatic heterocycles. The van der Waals surface area contributed by atoms with Crippen LogP contribution in [0, 0.1) is 0 Å². The molecular formula is C21H15ClN2O2S. The summed E-state index contributed by atoms with van der Waals surface area (Å²) in [5.74, 6) is 0.366. The molecule has 1 aliphatic rings. The van der Waals surface area contributed by atoms with Crippen LogP contribution in [-0.4, -0.2) is 17.5 Å². The average molecular weight is 395 g/mol. The van der Waals surface area contributed by atoms with E-state index in [1.807, 2.05) is 0 Å². The van der Waals surface area contributed by atoms with Crippen molar-refractivity contribution in [1.82, 2.24) is 4.98 Å². The summed E-state index contributed by atoms with van der Waals surface area (Å²) in [5.41, 5.74) is 3.72. The number of carbonyl (C=O) groups is 1. The van der Waals surface area contributed by atoms with Gasteiger partial charge in [0, 0.05) is 10.4 Å². The van der Waals surface area contributed by atoms with E-state index in [-0.39, 0.29) is 12.5 Å². The average Bonchev–Trinajstić information content (AvgIpc) is 3.27. The van der Waals surface area contributed by atoms with Crippen LogP contribution in [0.2, 0.25) is 5.02 Å². The predicted octanol–water partition coefficient (Wildman–Crippen LogP) is 5.22. The first-order valence-corrected chi connectivity index (χ1v) is 9.89. The lowest BCUT2D eigenvalue weighted by atomic mass is 10.0. The largest absolute Gasteiger partial charge is 0.484 e. The lowest BCUT2D eigenvalue weighted by Crippen LogP contribution is -2.19. The summed E-state index contributed by atoms with van der Waals surface area (Å²) in [6, 6.07) is 15.5. The number of benzene rings is 3. The second-order valence-electron chi connectivity index (χ2n) is 6.53. The summed E-state index contributed by atoms with van der Waals surface area (Å²) in [5, 5.41) is 6.58. The van der Waals surface area contributed by atoms with E-state index in [2.05, 4.69) is 34.6 Å². The molecule has 5 rings (SSSR count). The second-order valence-corrected chi connectivity index (χ2v) is 8.00. The fourth-order valence-electron chi connectivity index (χ4n) is 3.59. The fraction of sp³-hybridized carbons (Fsp3) is 0.143. The summed E-state index contributed by atoms with van der Waals surface area (Å²) in [7, 11) is 0. The molecule has 0 bridgehead atoms. The quantitative estimate of drug-likeness (QED) is 0.516. The molecule has 0 saturated carbocycles. The number of halogens is 1. The Morgan fingerprint density at radius 2 is 1.96 bits per heavy atom. The number of nitrogens with zero attached hydrogens (tertiary/aromatic N) is 1. The number of hydrogen-bond acceptors (Lipinski definition) is 4. The third-order valence-corrected chi connectivity index (χ3v) is 5.95. The molecule has 0 unspecified atom stereocenters. The van der Waals surface area contributed by atoms with Crippen molar-refractivity contribution in [2.45, 2.75) is 12.8 Å². The number of amides is 1. The number of thiazole rings is 1. The van der Waals surface area contributed by atoms with Crippen molar-refractivity contribution in [2.75, 3.05) is 11.9 Å². The monoisotopic (exact) mass is 394 g/mol. The van der Waals surface area contributed by atoms with Gasteiger partial charge in [0.05, 0.1) is 10.2 Å². The maximum absolute atomic E-state index is 12.2. The number of aryl methyl sites for hydroxylation is 2. The zero-order valence-corrected chi connectivity index (χ0v) is 15.9. The van der Waals surface area contributed by atoms with Crippen LogP contribution >= 0.6 is 22.9 Å². The lowest BCUT2D eigenvalue weighted by molar-refractivity contribution is -0.118. The minimum absolute atomic E-state index is 0.0757. The maximum atomic E-state index is 12.2. The van der Waals surface area contributed by atoms with Crippen LogP contribution in [0.3, 0.4) is 0 Å². The van der Waals surface area contributed by atoms with Gasteiger partial charge in [0.1, 0.15) is 5.75 Å².